The van der Waals surface area contributed by atoms with Crippen molar-refractivity contribution >= 4 is 21.6 Å². The second-order valence-corrected chi connectivity index (χ2v) is 5.46. The fourth-order valence-electron chi connectivity index (χ4n) is 2.12. The van der Waals surface area contributed by atoms with Crippen molar-refractivity contribution in [3.05, 3.63) is 33.7 Å². The van der Waals surface area contributed by atoms with Crippen LogP contribution in [0.15, 0.2) is 28.1 Å². The van der Waals surface area contributed by atoms with Crippen LogP contribution in [0.4, 0.5) is 5.69 Å². The molecule has 2 heterocycles. The Balaban J connectivity index is 2.33. The van der Waals surface area contributed by atoms with E-state index in [9.17, 15) is 4.79 Å². The van der Waals surface area contributed by atoms with Crippen LogP contribution in [0.1, 0.15) is 6.92 Å². The van der Waals surface area contributed by atoms with Gasteiger partial charge < -0.3 is 10.6 Å². The van der Waals surface area contributed by atoms with Crippen molar-refractivity contribution in [1.29, 1.82) is 0 Å². The quantitative estimate of drug-likeness (QED) is 0.845. The minimum absolute atomic E-state index is 0.138. The van der Waals surface area contributed by atoms with Crippen LogP contribution < -0.4 is 16.2 Å². The number of nitrogens with zero attached hydrogens (tertiary/aromatic N) is 3. The molecule has 2 N–H and O–H groups in total. The van der Waals surface area contributed by atoms with E-state index in [-0.39, 0.29) is 11.6 Å². The predicted molar refractivity (Wildman–Crippen MR) is 75.7 cm³/mol. The Bertz CT molecular complexity index is 503. The Morgan fingerprint density at radius 2 is 2.39 bits per heavy atom. The van der Waals surface area contributed by atoms with Crippen molar-refractivity contribution in [2.24, 2.45) is 11.7 Å². The van der Waals surface area contributed by atoms with Crippen LogP contribution in [0.3, 0.4) is 0 Å². The van der Waals surface area contributed by atoms with Crippen LogP contribution in [-0.4, -0.2) is 28.9 Å². The van der Waals surface area contributed by atoms with E-state index in [0.29, 0.717) is 16.9 Å². The van der Waals surface area contributed by atoms with Crippen molar-refractivity contribution in [2.45, 2.75) is 19.5 Å². The molecule has 0 saturated carbocycles. The average Bonchev–Trinajstić information content (AvgIpc) is 2.66. The molecule has 1 aromatic heterocycles. The lowest BCUT2D eigenvalue weighted by Gasteiger charge is -2.19. The monoisotopic (exact) mass is 312 g/mol. The first kappa shape index (κ1) is 13.3. The molecule has 0 bridgehead atoms. The summed E-state index contributed by atoms with van der Waals surface area (Å²) in [5.74, 6) is 0.424. The third kappa shape index (κ3) is 2.35. The van der Waals surface area contributed by atoms with Gasteiger partial charge >= 0.3 is 0 Å². The topological polar surface area (TPSA) is 64.2 Å². The molecule has 1 saturated heterocycles. The zero-order chi connectivity index (χ0) is 13.3. The molecular weight excluding hydrogens is 296 g/mol. The van der Waals surface area contributed by atoms with E-state index in [1.165, 1.54) is 4.68 Å². The standard InChI is InChI=1S/C12H17BrN4O/c1-3-4-17-12(18)11(13)10(5-15-17)16-6-8(2)9(14)7-16/h3,5,8-9H,1,4,6-7,14H2,2H3. The highest BCUT2D eigenvalue weighted by atomic mass is 79.9. The first-order valence-corrected chi connectivity index (χ1v) is 6.71. The Labute approximate surface area is 114 Å². The molecule has 1 aliphatic rings. The molecule has 2 rings (SSSR count). The SMILES string of the molecule is C=CCn1ncc(N2CC(C)C(N)C2)c(Br)c1=O. The Morgan fingerprint density at radius 1 is 1.67 bits per heavy atom. The predicted octanol–water partition coefficient (Wildman–Crippen LogP) is 0.975. The summed E-state index contributed by atoms with van der Waals surface area (Å²) in [5.41, 5.74) is 6.68. The second-order valence-electron chi connectivity index (χ2n) is 4.67. The molecule has 2 atom stereocenters. The molecule has 0 spiro atoms. The van der Waals surface area contributed by atoms with E-state index in [1.807, 2.05) is 0 Å². The lowest BCUT2D eigenvalue weighted by atomic mass is 10.1. The van der Waals surface area contributed by atoms with Crippen molar-refractivity contribution in [3.8, 4) is 0 Å². The van der Waals surface area contributed by atoms with Gasteiger partial charge in [0.1, 0.15) is 4.47 Å². The minimum atomic E-state index is -0.138. The maximum Gasteiger partial charge on any atom is 0.283 e. The lowest BCUT2D eigenvalue weighted by molar-refractivity contribution is 0.566. The summed E-state index contributed by atoms with van der Waals surface area (Å²) >= 11 is 3.36. The Hall–Kier alpha value is -1.14. The van der Waals surface area contributed by atoms with Gasteiger partial charge in [0.25, 0.3) is 5.56 Å². The molecule has 98 valence electrons. The summed E-state index contributed by atoms with van der Waals surface area (Å²) < 4.78 is 1.92. The van der Waals surface area contributed by atoms with Crippen LogP contribution in [-0.2, 0) is 6.54 Å². The first-order valence-electron chi connectivity index (χ1n) is 5.91. The molecular formula is C12H17BrN4O. The molecule has 18 heavy (non-hydrogen) atoms. The highest BCUT2D eigenvalue weighted by Gasteiger charge is 2.28. The van der Waals surface area contributed by atoms with Gasteiger partial charge in [-0.3, -0.25) is 4.79 Å². The van der Waals surface area contributed by atoms with Crippen LogP contribution in [0.25, 0.3) is 0 Å². The fourth-order valence-corrected chi connectivity index (χ4v) is 2.68. The molecule has 0 radical (unpaired) electrons. The van der Waals surface area contributed by atoms with E-state index >= 15 is 0 Å². The van der Waals surface area contributed by atoms with Gasteiger partial charge in [0.05, 0.1) is 18.4 Å². The Kier molecular flexibility index (Phi) is 3.87. The molecule has 5 nitrogen and oxygen atoms in total. The van der Waals surface area contributed by atoms with Crippen LogP contribution >= 0.6 is 15.9 Å². The van der Waals surface area contributed by atoms with Gasteiger partial charge in [-0.05, 0) is 21.8 Å². The number of rotatable bonds is 3. The third-order valence-corrected chi connectivity index (χ3v) is 4.03. The number of hydrogen-bond acceptors (Lipinski definition) is 4. The molecule has 0 aliphatic carbocycles. The average molecular weight is 313 g/mol. The number of hydrogen-bond donors (Lipinski definition) is 1. The molecule has 2 unspecified atom stereocenters. The van der Waals surface area contributed by atoms with Crippen molar-refractivity contribution in [2.75, 3.05) is 18.0 Å². The van der Waals surface area contributed by atoms with E-state index in [2.05, 4.69) is 39.4 Å². The lowest BCUT2D eigenvalue weighted by Crippen LogP contribution is -2.30. The van der Waals surface area contributed by atoms with Gasteiger partial charge in [0.2, 0.25) is 0 Å². The number of nitrogens with two attached hydrogens (primary N) is 1. The Morgan fingerprint density at radius 3 is 2.94 bits per heavy atom. The molecule has 1 aromatic rings. The fraction of sp³-hybridized carbons (Fsp3) is 0.500. The maximum absolute atomic E-state index is 12.0. The molecule has 1 fully saturated rings. The number of allylic oxidation sites excluding steroid dienone is 1. The zero-order valence-corrected chi connectivity index (χ0v) is 11.9. The summed E-state index contributed by atoms with van der Waals surface area (Å²) in [6.07, 6.45) is 3.36. The van der Waals surface area contributed by atoms with Crippen molar-refractivity contribution < 1.29 is 0 Å². The van der Waals surface area contributed by atoms with Crippen LogP contribution in [0.5, 0.6) is 0 Å². The molecule has 0 aromatic carbocycles. The maximum atomic E-state index is 12.0. The largest absolute Gasteiger partial charge is 0.367 e. The van der Waals surface area contributed by atoms with E-state index in [1.54, 1.807) is 12.3 Å². The first-order chi connectivity index (χ1) is 8.54. The highest BCUT2D eigenvalue weighted by Crippen LogP contribution is 2.27. The van der Waals surface area contributed by atoms with Crippen molar-refractivity contribution in [3.63, 3.8) is 0 Å². The van der Waals surface area contributed by atoms with Crippen LogP contribution in [0.2, 0.25) is 0 Å². The smallest absolute Gasteiger partial charge is 0.283 e. The number of anilines is 1. The molecule has 0 amide bonds. The van der Waals surface area contributed by atoms with Gasteiger partial charge in [-0.15, -0.1) is 6.58 Å². The van der Waals surface area contributed by atoms with Gasteiger partial charge in [0.15, 0.2) is 0 Å². The second kappa shape index (κ2) is 5.24. The molecule has 6 heteroatoms. The van der Waals surface area contributed by atoms with E-state index < -0.39 is 0 Å². The van der Waals surface area contributed by atoms with Gasteiger partial charge in [-0.25, -0.2) is 4.68 Å². The zero-order valence-electron chi connectivity index (χ0n) is 10.3. The van der Waals surface area contributed by atoms with E-state index in [0.717, 1.165) is 18.8 Å². The van der Waals surface area contributed by atoms with Crippen molar-refractivity contribution in [1.82, 2.24) is 9.78 Å². The van der Waals surface area contributed by atoms with E-state index in [4.69, 9.17) is 5.73 Å². The van der Waals surface area contributed by atoms with Gasteiger partial charge in [0, 0.05) is 19.1 Å². The highest BCUT2D eigenvalue weighted by molar-refractivity contribution is 9.10. The number of aromatic nitrogens is 2. The van der Waals surface area contributed by atoms with Gasteiger partial charge in [-0.2, -0.15) is 5.10 Å². The molecule has 1 aliphatic heterocycles. The van der Waals surface area contributed by atoms with Gasteiger partial charge in [-0.1, -0.05) is 13.0 Å². The summed E-state index contributed by atoms with van der Waals surface area (Å²) in [7, 11) is 0. The number of halogens is 1. The third-order valence-electron chi connectivity index (χ3n) is 3.28. The summed E-state index contributed by atoms with van der Waals surface area (Å²) in [4.78, 5) is 14.2. The van der Waals surface area contributed by atoms with Crippen LogP contribution in [0, 0.1) is 5.92 Å². The summed E-state index contributed by atoms with van der Waals surface area (Å²) in [5, 5.41) is 4.14. The summed E-state index contributed by atoms with van der Waals surface area (Å²) in [6, 6.07) is 0.146. The summed E-state index contributed by atoms with van der Waals surface area (Å²) in [6.45, 7) is 7.74. The minimum Gasteiger partial charge on any atom is -0.367 e. The normalized spacial score (nSPS) is 23.4.